The zero-order valence-electron chi connectivity index (χ0n) is 12.6. The van der Waals surface area contributed by atoms with Crippen LogP contribution in [0, 0.1) is 18.3 Å². The van der Waals surface area contributed by atoms with Gasteiger partial charge in [-0.1, -0.05) is 29.5 Å². The van der Waals surface area contributed by atoms with Gasteiger partial charge in [0.05, 0.1) is 11.3 Å². The number of carbonyl (C=O) groups is 1. The molecule has 120 valence electrons. The van der Waals surface area contributed by atoms with Crippen molar-refractivity contribution < 1.29 is 9.21 Å². The highest BCUT2D eigenvalue weighted by molar-refractivity contribution is 7.99. The zero-order chi connectivity index (χ0) is 16.9. The second-order valence-electron chi connectivity index (χ2n) is 4.85. The van der Waals surface area contributed by atoms with Crippen molar-refractivity contribution in [2.45, 2.75) is 12.1 Å². The van der Waals surface area contributed by atoms with Crippen molar-refractivity contribution in [2.24, 2.45) is 0 Å². The van der Waals surface area contributed by atoms with Gasteiger partial charge in [-0.25, -0.2) is 0 Å². The third-order valence-electron chi connectivity index (χ3n) is 3.04. The number of benzene rings is 1. The second-order valence-corrected chi connectivity index (χ2v) is 6.70. The maximum absolute atomic E-state index is 11.9. The molecule has 2 heterocycles. The molecule has 1 aromatic carbocycles. The summed E-state index contributed by atoms with van der Waals surface area (Å²) in [4.78, 5) is 11.9. The van der Waals surface area contributed by atoms with Crippen LogP contribution in [0.5, 0.6) is 0 Å². The van der Waals surface area contributed by atoms with Gasteiger partial charge in [0, 0.05) is 5.56 Å². The lowest BCUT2D eigenvalue weighted by Gasteiger charge is -2.01. The van der Waals surface area contributed by atoms with Crippen LogP contribution in [-0.4, -0.2) is 21.9 Å². The Morgan fingerprint density at radius 1 is 1.42 bits per heavy atom. The number of thioether (sulfide) groups is 1. The molecule has 6 nitrogen and oxygen atoms in total. The van der Waals surface area contributed by atoms with Gasteiger partial charge in [-0.2, -0.15) is 5.26 Å². The molecular weight excluding hydrogens is 344 g/mol. The minimum absolute atomic E-state index is 0.123. The van der Waals surface area contributed by atoms with E-state index in [-0.39, 0.29) is 11.7 Å². The number of hydrogen-bond donors (Lipinski definition) is 1. The molecule has 0 radical (unpaired) electrons. The van der Waals surface area contributed by atoms with Gasteiger partial charge < -0.3 is 9.73 Å². The van der Waals surface area contributed by atoms with Crippen LogP contribution in [0.25, 0.3) is 11.5 Å². The number of rotatable bonds is 5. The van der Waals surface area contributed by atoms with E-state index < -0.39 is 0 Å². The van der Waals surface area contributed by atoms with E-state index in [2.05, 4.69) is 15.5 Å². The van der Waals surface area contributed by atoms with E-state index >= 15 is 0 Å². The molecule has 1 amide bonds. The number of aryl methyl sites for hydroxylation is 1. The van der Waals surface area contributed by atoms with Crippen LogP contribution >= 0.6 is 23.1 Å². The van der Waals surface area contributed by atoms with Crippen molar-refractivity contribution in [3.8, 4) is 17.5 Å². The van der Waals surface area contributed by atoms with Crippen LogP contribution in [0.1, 0.15) is 11.1 Å². The summed E-state index contributed by atoms with van der Waals surface area (Å²) in [6, 6.07) is 11.4. The number of carbonyl (C=O) groups excluding carboxylic acids is 1. The minimum Gasteiger partial charge on any atom is -0.411 e. The third kappa shape index (κ3) is 3.82. The highest BCUT2D eigenvalue weighted by Crippen LogP contribution is 2.25. The summed E-state index contributed by atoms with van der Waals surface area (Å²) in [5, 5.41) is 22.2. The Hall–Kier alpha value is -2.63. The summed E-state index contributed by atoms with van der Waals surface area (Å²) in [6.07, 6.45) is 0. The molecule has 0 aliphatic heterocycles. The monoisotopic (exact) mass is 356 g/mol. The summed E-state index contributed by atoms with van der Waals surface area (Å²) in [6.45, 7) is 1.99. The van der Waals surface area contributed by atoms with Crippen LogP contribution in [0.15, 0.2) is 45.4 Å². The quantitative estimate of drug-likeness (QED) is 0.701. The molecule has 3 rings (SSSR count). The maximum atomic E-state index is 11.9. The topological polar surface area (TPSA) is 91.8 Å². The van der Waals surface area contributed by atoms with E-state index in [1.807, 2.05) is 37.3 Å². The fraction of sp³-hybridized carbons (Fsp3) is 0.125. The number of amides is 1. The van der Waals surface area contributed by atoms with Gasteiger partial charge in [0.2, 0.25) is 11.8 Å². The first-order valence-electron chi connectivity index (χ1n) is 6.96. The lowest BCUT2D eigenvalue weighted by atomic mass is 10.1. The summed E-state index contributed by atoms with van der Waals surface area (Å²) >= 11 is 2.46. The second kappa shape index (κ2) is 7.29. The molecule has 0 aliphatic rings. The number of hydrogen-bond acceptors (Lipinski definition) is 7. The van der Waals surface area contributed by atoms with Gasteiger partial charge in [0.1, 0.15) is 11.1 Å². The van der Waals surface area contributed by atoms with Crippen LogP contribution < -0.4 is 5.32 Å². The molecule has 0 fully saturated rings. The molecule has 0 saturated heterocycles. The standard InChI is InChI=1S/C16H12N4O2S2/c1-10-3-2-4-11(7-10)14-19-20-16(22-14)24-9-13(21)18-15-12(8-17)5-6-23-15/h2-7H,9H2,1H3,(H,18,21). The number of anilines is 1. The zero-order valence-corrected chi connectivity index (χ0v) is 14.3. The molecule has 24 heavy (non-hydrogen) atoms. The molecule has 8 heteroatoms. The smallest absolute Gasteiger partial charge is 0.277 e. The summed E-state index contributed by atoms with van der Waals surface area (Å²) in [5.74, 6) is 0.318. The first-order valence-corrected chi connectivity index (χ1v) is 8.83. The van der Waals surface area contributed by atoms with Crippen molar-refractivity contribution >= 4 is 34.0 Å². The normalized spacial score (nSPS) is 10.3. The van der Waals surface area contributed by atoms with Gasteiger partial charge >= 0.3 is 0 Å². The fourth-order valence-electron chi connectivity index (χ4n) is 1.95. The first-order chi connectivity index (χ1) is 11.7. The van der Waals surface area contributed by atoms with Crippen LogP contribution in [0.2, 0.25) is 0 Å². The Morgan fingerprint density at radius 3 is 3.08 bits per heavy atom. The van der Waals surface area contributed by atoms with Crippen LogP contribution in [0.4, 0.5) is 5.00 Å². The Kier molecular flexibility index (Phi) is 4.93. The number of nitriles is 1. The van der Waals surface area contributed by atoms with E-state index in [1.165, 1.54) is 11.3 Å². The van der Waals surface area contributed by atoms with Gasteiger partial charge in [-0.05, 0) is 30.5 Å². The van der Waals surface area contributed by atoms with Crippen molar-refractivity contribution in [3.05, 3.63) is 46.8 Å². The molecule has 0 aliphatic carbocycles. The Labute approximate surface area is 146 Å². The number of aromatic nitrogens is 2. The number of nitrogens with zero attached hydrogens (tertiary/aromatic N) is 3. The number of nitrogens with one attached hydrogen (secondary N) is 1. The van der Waals surface area contributed by atoms with Crippen LogP contribution in [-0.2, 0) is 4.79 Å². The highest BCUT2D eigenvalue weighted by Gasteiger charge is 2.13. The fourth-order valence-corrected chi connectivity index (χ4v) is 3.26. The molecule has 1 N–H and O–H groups in total. The third-order valence-corrected chi connectivity index (χ3v) is 4.69. The number of thiophene rings is 1. The predicted molar refractivity (Wildman–Crippen MR) is 92.9 cm³/mol. The minimum atomic E-state index is -0.228. The average Bonchev–Trinajstić information content (AvgIpc) is 3.22. The largest absolute Gasteiger partial charge is 0.411 e. The van der Waals surface area contributed by atoms with Crippen molar-refractivity contribution in [3.63, 3.8) is 0 Å². The lowest BCUT2D eigenvalue weighted by Crippen LogP contribution is -2.13. The Balaban J connectivity index is 1.59. The van der Waals surface area contributed by atoms with E-state index in [0.717, 1.165) is 22.9 Å². The first kappa shape index (κ1) is 16.2. The molecule has 0 unspecified atom stereocenters. The van der Waals surface area contributed by atoms with Crippen molar-refractivity contribution in [1.82, 2.24) is 10.2 Å². The molecule has 0 spiro atoms. The molecule has 2 aromatic heterocycles. The highest BCUT2D eigenvalue weighted by atomic mass is 32.2. The molecule has 0 bridgehead atoms. The SMILES string of the molecule is Cc1cccc(-c2nnc(SCC(=O)Nc3sccc3C#N)o2)c1. The van der Waals surface area contributed by atoms with Crippen molar-refractivity contribution in [1.29, 1.82) is 5.26 Å². The van der Waals surface area contributed by atoms with Gasteiger partial charge in [0.15, 0.2) is 0 Å². The Bertz CT molecular complexity index is 911. The summed E-state index contributed by atoms with van der Waals surface area (Å²) < 4.78 is 5.57. The average molecular weight is 356 g/mol. The predicted octanol–water partition coefficient (Wildman–Crippen LogP) is 3.71. The van der Waals surface area contributed by atoms with E-state index in [9.17, 15) is 4.79 Å². The summed E-state index contributed by atoms with van der Waals surface area (Å²) in [5.41, 5.74) is 2.40. The van der Waals surface area contributed by atoms with Crippen LogP contribution in [0.3, 0.4) is 0 Å². The Morgan fingerprint density at radius 2 is 2.29 bits per heavy atom. The van der Waals surface area contributed by atoms with E-state index in [0.29, 0.717) is 21.7 Å². The summed E-state index contributed by atoms with van der Waals surface area (Å²) in [7, 11) is 0. The van der Waals surface area contributed by atoms with Crippen molar-refractivity contribution in [2.75, 3.05) is 11.1 Å². The lowest BCUT2D eigenvalue weighted by molar-refractivity contribution is -0.113. The maximum Gasteiger partial charge on any atom is 0.277 e. The molecule has 0 atom stereocenters. The van der Waals surface area contributed by atoms with E-state index in [4.69, 9.17) is 9.68 Å². The molecule has 0 saturated carbocycles. The van der Waals surface area contributed by atoms with Gasteiger partial charge in [0.25, 0.3) is 5.22 Å². The molecule has 3 aromatic rings. The van der Waals surface area contributed by atoms with E-state index in [1.54, 1.807) is 11.4 Å². The molecular formula is C16H12N4O2S2. The van der Waals surface area contributed by atoms with Gasteiger partial charge in [-0.15, -0.1) is 21.5 Å². The van der Waals surface area contributed by atoms with Gasteiger partial charge in [-0.3, -0.25) is 4.79 Å².